The Hall–Kier alpha value is -0.910. The first-order valence-electron chi connectivity index (χ1n) is 7.98. The highest BCUT2D eigenvalue weighted by Gasteiger charge is 2.33. The van der Waals surface area contributed by atoms with Gasteiger partial charge >= 0.3 is 0 Å². The highest BCUT2D eigenvalue weighted by atomic mass is 32.2. The van der Waals surface area contributed by atoms with Crippen molar-refractivity contribution in [3.05, 3.63) is 35.9 Å². The molecule has 4 nitrogen and oxygen atoms in total. The first-order chi connectivity index (χ1) is 10.2. The van der Waals surface area contributed by atoms with Gasteiger partial charge in [-0.25, -0.2) is 0 Å². The third-order valence-electron chi connectivity index (χ3n) is 4.69. The van der Waals surface area contributed by atoms with E-state index in [4.69, 9.17) is 0 Å². The van der Waals surface area contributed by atoms with E-state index >= 15 is 0 Å². The van der Waals surface area contributed by atoms with Crippen LogP contribution in [0.3, 0.4) is 0 Å². The van der Waals surface area contributed by atoms with Gasteiger partial charge < -0.3 is 0 Å². The van der Waals surface area contributed by atoms with Crippen molar-refractivity contribution >= 4 is 10.2 Å². The van der Waals surface area contributed by atoms with Gasteiger partial charge in [0, 0.05) is 26.2 Å². The predicted octanol–water partition coefficient (Wildman–Crippen LogP) is 2.60. The Kier molecular flexibility index (Phi) is 4.62. The van der Waals surface area contributed by atoms with Crippen molar-refractivity contribution in [2.24, 2.45) is 0 Å². The van der Waals surface area contributed by atoms with Crippen molar-refractivity contribution in [2.45, 2.75) is 38.0 Å². The number of benzene rings is 1. The quantitative estimate of drug-likeness (QED) is 0.861. The van der Waals surface area contributed by atoms with Crippen LogP contribution in [0.1, 0.15) is 43.6 Å². The molecule has 1 aromatic carbocycles. The molecule has 116 valence electrons. The Labute approximate surface area is 127 Å². The average molecular weight is 308 g/mol. The van der Waals surface area contributed by atoms with E-state index in [1.54, 1.807) is 8.61 Å². The van der Waals surface area contributed by atoms with Crippen LogP contribution in [-0.2, 0) is 10.2 Å². The number of hydrogen-bond donors (Lipinski definition) is 0. The molecule has 0 bridgehead atoms. The molecule has 0 saturated carbocycles. The Bertz CT molecular complexity index is 545. The SMILES string of the molecule is O=S(=O)(N1CCCCC1)N1CCC(c2ccccc2)CC1. The number of hydrogen-bond acceptors (Lipinski definition) is 2. The minimum absolute atomic E-state index is 0.499. The molecule has 0 unspecified atom stereocenters. The van der Waals surface area contributed by atoms with E-state index in [0.29, 0.717) is 32.1 Å². The molecule has 0 aliphatic carbocycles. The first kappa shape index (κ1) is 15.0. The normalized spacial score (nSPS) is 23.2. The maximum Gasteiger partial charge on any atom is 0.281 e. The second kappa shape index (κ2) is 6.46. The van der Waals surface area contributed by atoms with Crippen molar-refractivity contribution in [3.8, 4) is 0 Å². The molecule has 1 aromatic rings. The van der Waals surface area contributed by atoms with Gasteiger partial charge in [0.1, 0.15) is 0 Å². The summed E-state index contributed by atoms with van der Waals surface area (Å²) in [7, 11) is -3.22. The van der Waals surface area contributed by atoms with Crippen molar-refractivity contribution < 1.29 is 8.42 Å². The van der Waals surface area contributed by atoms with E-state index < -0.39 is 10.2 Å². The fourth-order valence-electron chi connectivity index (χ4n) is 3.40. The second-order valence-electron chi connectivity index (χ2n) is 6.05. The summed E-state index contributed by atoms with van der Waals surface area (Å²) in [6.45, 7) is 2.69. The molecule has 0 N–H and O–H groups in total. The van der Waals surface area contributed by atoms with Gasteiger partial charge in [-0.2, -0.15) is 17.0 Å². The maximum absolute atomic E-state index is 12.6. The lowest BCUT2D eigenvalue weighted by Gasteiger charge is -2.36. The van der Waals surface area contributed by atoms with E-state index in [2.05, 4.69) is 24.3 Å². The summed E-state index contributed by atoms with van der Waals surface area (Å²) in [6, 6.07) is 10.5. The first-order valence-corrected chi connectivity index (χ1v) is 9.38. The third kappa shape index (κ3) is 3.30. The molecular formula is C16H24N2O2S. The third-order valence-corrected chi connectivity index (χ3v) is 6.73. The minimum Gasteiger partial charge on any atom is -0.195 e. The summed E-state index contributed by atoms with van der Waals surface area (Å²) < 4.78 is 28.6. The lowest BCUT2D eigenvalue weighted by Crippen LogP contribution is -2.48. The van der Waals surface area contributed by atoms with Gasteiger partial charge in [-0.15, -0.1) is 0 Å². The molecule has 3 rings (SSSR count). The molecule has 0 atom stereocenters. The van der Waals surface area contributed by atoms with Crippen molar-refractivity contribution in [1.82, 2.24) is 8.61 Å². The van der Waals surface area contributed by atoms with Crippen LogP contribution in [0.4, 0.5) is 0 Å². The summed E-state index contributed by atoms with van der Waals surface area (Å²) in [5, 5.41) is 0. The van der Waals surface area contributed by atoms with Gasteiger partial charge in [0.2, 0.25) is 0 Å². The lowest BCUT2D eigenvalue weighted by molar-refractivity contribution is 0.270. The molecule has 2 aliphatic heterocycles. The average Bonchev–Trinajstić information content (AvgIpc) is 2.57. The molecular weight excluding hydrogens is 284 g/mol. The van der Waals surface area contributed by atoms with Gasteiger partial charge in [0.15, 0.2) is 0 Å². The van der Waals surface area contributed by atoms with Crippen LogP contribution in [0.2, 0.25) is 0 Å². The molecule has 0 amide bonds. The fourth-order valence-corrected chi connectivity index (χ4v) is 5.12. The van der Waals surface area contributed by atoms with Crippen LogP contribution >= 0.6 is 0 Å². The summed E-state index contributed by atoms with van der Waals surface area (Å²) in [6.07, 6.45) is 5.01. The predicted molar refractivity (Wildman–Crippen MR) is 84.3 cm³/mol. The van der Waals surface area contributed by atoms with E-state index in [-0.39, 0.29) is 0 Å². The zero-order valence-corrected chi connectivity index (χ0v) is 13.3. The van der Waals surface area contributed by atoms with E-state index in [9.17, 15) is 8.42 Å². The van der Waals surface area contributed by atoms with Crippen LogP contribution in [-0.4, -0.2) is 43.2 Å². The largest absolute Gasteiger partial charge is 0.281 e. The zero-order valence-electron chi connectivity index (χ0n) is 12.4. The Morgan fingerprint density at radius 3 is 2.00 bits per heavy atom. The van der Waals surface area contributed by atoms with Crippen molar-refractivity contribution in [2.75, 3.05) is 26.2 Å². The fraction of sp³-hybridized carbons (Fsp3) is 0.625. The Morgan fingerprint density at radius 1 is 0.810 bits per heavy atom. The number of nitrogens with zero attached hydrogens (tertiary/aromatic N) is 2. The van der Waals surface area contributed by atoms with Gasteiger partial charge in [-0.05, 0) is 37.2 Å². The van der Waals surface area contributed by atoms with Gasteiger partial charge in [0.25, 0.3) is 10.2 Å². The minimum atomic E-state index is -3.22. The smallest absolute Gasteiger partial charge is 0.195 e. The van der Waals surface area contributed by atoms with E-state index in [0.717, 1.165) is 32.1 Å². The topological polar surface area (TPSA) is 40.6 Å². The van der Waals surface area contributed by atoms with E-state index in [1.807, 2.05) is 6.07 Å². The van der Waals surface area contributed by atoms with Gasteiger partial charge in [-0.1, -0.05) is 36.8 Å². The Balaban J connectivity index is 1.62. The van der Waals surface area contributed by atoms with Crippen LogP contribution in [0.25, 0.3) is 0 Å². The summed E-state index contributed by atoms with van der Waals surface area (Å²) in [5.41, 5.74) is 1.34. The summed E-state index contributed by atoms with van der Waals surface area (Å²) >= 11 is 0. The number of rotatable bonds is 3. The van der Waals surface area contributed by atoms with Crippen LogP contribution in [0.15, 0.2) is 30.3 Å². The number of piperidine rings is 2. The summed E-state index contributed by atoms with van der Waals surface area (Å²) in [4.78, 5) is 0. The monoisotopic (exact) mass is 308 g/mol. The van der Waals surface area contributed by atoms with Gasteiger partial charge in [-0.3, -0.25) is 0 Å². The molecule has 0 radical (unpaired) electrons. The van der Waals surface area contributed by atoms with Crippen LogP contribution in [0.5, 0.6) is 0 Å². The summed E-state index contributed by atoms with van der Waals surface area (Å²) in [5.74, 6) is 0.499. The van der Waals surface area contributed by atoms with Crippen LogP contribution < -0.4 is 0 Å². The highest BCUT2D eigenvalue weighted by molar-refractivity contribution is 7.86. The van der Waals surface area contributed by atoms with E-state index in [1.165, 1.54) is 5.56 Å². The van der Waals surface area contributed by atoms with Crippen LogP contribution in [0, 0.1) is 0 Å². The zero-order chi connectivity index (χ0) is 14.7. The maximum atomic E-state index is 12.6. The van der Waals surface area contributed by atoms with Crippen molar-refractivity contribution in [1.29, 1.82) is 0 Å². The molecule has 5 heteroatoms. The molecule has 2 fully saturated rings. The molecule has 2 heterocycles. The lowest BCUT2D eigenvalue weighted by atomic mass is 9.90. The Morgan fingerprint density at radius 2 is 1.38 bits per heavy atom. The molecule has 2 aliphatic rings. The molecule has 0 aromatic heterocycles. The second-order valence-corrected chi connectivity index (χ2v) is 7.98. The highest BCUT2D eigenvalue weighted by Crippen LogP contribution is 2.30. The van der Waals surface area contributed by atoms with Crippen molar-refractivity contribution in [3.63, 3.8) is 0 Å². The molecule has 2 saturated heterocycles. The standard InChI is InChI=1S/C16H24N2O2S/c19-21(20,17-11-5-2-6-12-17)18-13-9-16(10-14-18)15-7-3-1-4-8-15/h1,3-4,7-8,16H,2,5-6,9-14H2. The molecule has 21 heavy (non-hydrogen) atoms. The molecule has 0 spiro atoms. The van der Waals surface area contributed by atoms with Gasteiger partial charge in [0.05, 0.1) is 0 Å².